The molecular formula is C22H27N3O. The molecule has 136 valence electrons. The van der Waals surface area contributed by atoms with Crippen LogP contribution >= 0.6 is 0 Å². The Morgan fingerprint density at radius 1 is 1.04 bits per heavy atom. The molecule has 0 radical (unpaired) electrons. The third-order valence-electron chi connectivity index (χ3n) is 5.30. The van der Waals surface area contributed by atoms with Crippen molar-refractivity contribution in [1.29, 1.82) is 0 Å². The summed E-state index contributed by atoms with van der Waals surface area (Å²) < 4.78 is 0. The zero-order valence-electron chi connectivity index (χ0n) is 16.2. The average Bonchev–Trinajstić information content (AvgIpc) is 2.60. The van der Waals surface area contributed by atoms with E-state index >= 15 is 0 Å². The lowest BCUT2D eigenvalue weighted by Gasteiger charge is -2.41. The maximum absolute atomic E-state index is 13.2. The summed E-state index contributed by atoms with van der Waals surface area (Å²) in [6, 6.07) is 18.2. The lowest BCUT2D eigenvalue weighted by Crippen LogP contribution is -2.52. The highest BCUT2D eigenvalue weighted by Gasteiger charge is 2.47. The summed E-state index contributed by atoms with van der Waals surface area (Å²) in [5, 5.41) is 0. The van der Waals surface area contributed by atoms with Gasteiger partial charge in [-0.2, -0.15) is 0 Å². The van der Waals surface area contributed by atoms with E-state index in [2.05, 4.69) is 45.0 Å². The lowest BCUT2D eigenvalue weighted by atomic mass is 9.74. The molecule has 1 aliphatic rings. The van der Waals surface area contributed by atoms with Gasteiger partial charge < -0.3 is 5.73 Å². The molecule has 3 rings (SSSR count). The molecule has 0 saturated heterocycles. The molecule has 1 amide bonds. The fourth-order valence-corrected chi connectivity index (χ4v) is 3.57. The third-order valence-corrected chi connectivity index (χ3v) is 5.30. The van der Waals surface area contributed by atoms with Crippen LogP contribution in [-0.4, -0.2) is 23.8 Å². The van der Waals surface area contributed by atoms with Crippen LogP contribution in [0.2, 0.25) is 0 Å². The van der Waals surface area contributed by atoms with Crippen molar-refractivity contribution in [1.82, 2.24) is 4.90 Å². The Morgan fingerprint density at radius 3 is 2.15 bits per heavy atom. The highest BCUT2D eigenvalue weighted by atomic mass is 16.2. The van der Waals surface area contributed by atoms with E-state index in [9.17, 15) is 4.79 Å². The van der Waals surface area contributed by atoms with Gasteiger partial charge >= 0.3 is 0 Å². The quantitative estimate of drug-likeness (QED) is 0.897. The van der Waals surface area contributed by atoms with Gasteiger partial charge in [0.1, 0.15) is 5.54 Å². The molecule has 0 spiro atoms. The third kappa shape index (κ3) is 3.00. The van der Waals surface area contributed by atoms with E-state index in [-0.39, 0.29) is 17.3 Å². The normalized spacial score (nSPS) is 23.7. The predicted octanol–water partition coefficient (Wildman–Crippen LogP) is 3.77. The highest BCUT2D eigenvalue weighted by Crippen LogP contribution is 2.44. The molecule has 2 N–H and O–H groups in total. The Balaban J connectivity index is 2.14. The Bertz CT molecular complexity index is 834. The molecule has 26 heavy (non-hydrogen) atoms. The molecular weight excluding hydrogens is 322 g/mol. The van der Waals surface area contributed by atoms with E-state index in [0.29, 0.717) is 0 Å². The zero-order valence-corrected chi connectivity index (χ0v) is 16.2. The van der Waals surface area contributed by atoms with Crippen molar-refractivity contribution in [3.8, 4) is 0 Å². The minimum absolute atomic E-state index is 0.0349. The van der Waals surface area contributed by atoms with Crippen LogP contribution in [0, 0.1) is 0 Å². The molecule has 0 aliphatic carbocycles. The molecule has 1 heterocycles. The van der Waals surface area contributed by atoms with Crippen molar-refractivity contribution in [3.63, 3.8) is 0 Å². The average molecular weight is 349 g/mol. The number of hydrogen-bond donors (Lipinski definition) is 1. The second kappa shape index (κ2) is 6.27. The number of nitrogens with two attached hydrogens (primary N) is 1. The fourth-order valence-electron chi connectivity index (χ4n) is 3.57. The minimum Gasteiger partial charge on any atom is -0.369 e. The molecule has 0 saturated carbocycles. The van der Waals surface area contributed by atoms with Gasteiger partial charge in [-0.05, 0) is 29.0 Å². The second-order valence-corrected chi connectivity index (χ2v) is 8.19. The van der Waals surface area contributed by atoms with Gasteiger partial charge in [0.2, 0.25) is 5.91 Å². The Hall–Kier alpha value is -2.62. The number of amides is 1. The first-order valence-corrected chi connectivity index (χ1v) is 8.93. The molecule has 0 bridgehead atoms. The fraction of sp³-hybridized carbons (Fsp3) is 0.364. The van der Waals surface area contributed by atoms with Crippen LogP contribution in [0.5, 0.6) is 0 Å². The second-order valence-electron chi connectivity index (χ2n) is 8.19. The molecule has 0 aromatic heterocycles. The van der Waals surface area contributed by atoms with Crippen LogP contribution in [0.15, 0.2) is 59.6 Å². The van der Waals surface area contributed by atoms with Crippen LogP contribution in [0.1, 0.15) is 50.3 Å². The highest BCUT2D eigenvalue weighted by molar-refractivity contribution is 6.02. The molecule has 4 nitrogen and oxygen atoms in total. The summed E-state index contributed by atoms with van der Waals surface area (Å²) >= 11 is 0. The van der Waals surface area contributed by atoms with E-state index in [0.717, 1.165) is 11.1 Å². The number of carbonyl (C=O) groups is 1. The summed E-state index contributed by atoms with van der Waals surface area (Å²) in [7, 11) is 1.68. The van der Waals surface area contributed by atoms with Crippen molar-refractivity contribution in [2.45, 2.75) is 44.6 Å². The topological polar surface area (TPSA) is 58.7 Å². The summed E-state index contributed by atoms with van der Waals surface area (Å²) in [5.41, 5.74) is 8.56. The molecule has 0 fully saturated rings. The zero-order chi connectivity index (χ0) is 19.1. The molecule has 1 aliphatic heterocycles. The number of nitrogens with zero attached hydrogens (tertiary/aromatic N) is 2. The van der Waals surface area contributed by atoms with Crippen LogP contribution in [0.4, 0.5) is 0 Å². The van der Waals surface area contributed by atoms with Gasteiger partial charge in [-0.3, -0.25) is 9.69 Å². The van der Waals surface area contributed by atoms with Crippen LogP contribution in [0.25, 0.3) is 0 Å². The first-order valence-electron chi connectivity index (χ1n) is 8.93. The first-order chi connectivity index (χ1) is 12.1. The summed E-state index contributed by atoms with van der Waals surface area (Å²) in [6.45, 7) is 8.53. The first kappa shape index (κ1) is 18.2. The summed E-state index contributed by atoms with van der Waals surface area (Å²) in [6.07, 6.45) is 0. The van der Waals surface area contributed by atoms with Crippen molar-refractivity contribution in [2.75, 3.05) is 7.05 Å². The number of aliphatic imine (C=N–C) groups is 1. The molecule has 1 unspecified atom stereocenters. The number of benzene rings is 2. The van der Waals surface area contributed by atoms with E-state index in [1.54, 1.807) is 7.05 Å². The van der Waals surface area contributed by atoms with Gasteiger partial charge in [-0.15, -0.1) is 0 Å². The summed E-state index contributed by atoms with van der Waals surface area (Å²) in [5.74, 6) is -0.201. The van der Waals surface area contributed by atoms with Gasteiger partial charge in [0.15, 0.2) is 5.96 Å². The van der Waals surface area contributed by atoms with Gasteiger partial charge in [0, 0.05) is 7.05 Å². The number of likely N-dealkylation sites (N-methyl/N-ethyl adjacent to an activating group) is 1. The van der Waals surface area contributed by atoms with Gasteiger partial charge in [0.05, 0.1) is 5.92 Å². The monoisotopic (exact) mass is 349 g/mol. The molecule has 2 aromatic rings. The van der Waals surface area contributed by atoms with Gasteiger partial charge in [-0.1, -0.05) is 75.4 Å². The number of hydrogen-bond acceptors (Lipinski definition) is 3. The van der Waals surface area contributed by atoms with Crippen molar-refractivity contribution in [3.05, 3.63) is 71.3 Å². The van der Waals surface area contributed by atoms with E-state index in [1.807, 2.05) is 37.3 Å². The maximum Gasteiger partial charge on any atom is 0.239 e. The Labute approximate surface area is 155 Å². The van der Waals surface area contributed by atoms with Crippen LogP contribution in [0.3, 0.4) is 0 Å². The number of rotatable bonds is 2. The van der Waals surface area contributed by atoms with E-state index in [4.69, 9.17) is 10.7 Å². The van der Waals surface area contributed by atoms with Crippen LogP contribution in [-0.2, 0) is 15.7 Å². The number of guanidine groups is 1. The maximum atomic E-state index is 13.2. The molecule has 2 atom stereocenters. The predicted molar refractivity (Wildman–Crippen MR) is 106 cm³/mol. The Kier molecular flexibility index (Phi) is 4.39. The van der Waals surface area contributed by atoms with Gasteiger partial charge in [0.25, 0.3) is 0 Å². The summed E-state index contributed by atoms with van der Waals surface area (Å²) in [4.78, 5) is 19.4. The van der Waals surface area contributed by atoms with Crippen molar-refractivity contribution in [2.24, 2.45) is 10.7 Å². The largest absolute Gasteiger partial charge is 0.369 e. The van der Waals surface area contributed by atoms with E-state index in [1.165, 1.54) is 10.5 Å². The minimum atomic E-state index is -0.738. The SMILES string of the molecule is CN1C(=O)[C@H](c2ccc(C(C)(C)C)cc2)C(C)(c2ccccc2)N=C1N. The van der Waals surface area contributed by atoms with Crippen molar-refractivity contribution >= 4 is 11.9 Å². The molecule has 4 heteroatoms. The number of carbonyl (C=O) groups excluding carboxylic acids is 1. The van der Waals surface area contributed by atoms with Crippen LogP contribution < -0.4 is 5.73 Å². The van der Waals surface area contributed by atoms with E-state index < -0.39 is 11.5 Å². The smallest absolute Gasteiger partial charge is 0.239 e. The van der Waals surface area contributed by atoms with Crippen molar-refractivity contribution < 1.29 is 4.79 Å². The lowest BCUT2D eigenvalue weighted by molar-refractivity contribution is -0.130. The standard InChI is InChI=1S/C22H27N3O/c1-21(2,3)16-13-11-15(12-14-16)18-19(26)25(5)20(23)24-22(18,4)17-9-7-6-8-10-17/h6-14,18H,1-5H3,(H2,23,24)/t18-,22?/m0/s1. The Morgan fingerprint density at radius 2 is 1.62 bits per heavy atom. The van der Waals surface area contributed by atoms with Gasteiger partial charge in [-0.25, -0.2) is 4.99 Å². The molecule has 2 aromatic carbocycles.